The largest absolute Gasteiger partial charge is 0.0906 e. The van der Waals surface area contributed by atoms with Crippen LogP contribution in [0.5, 0.6) is 0 Å². The smallest absolute Gasteiger partial charge is 0.0132 e. The van der Waals surface area contributed by atoms with Crippen LogP contribution >= 0.6 is 0 Å². The number of allylic oxidation sites excluding steroid dienone is 7. The summed E-state index contributed by atoms with van der Waals surface area (Å²) in [5.41, 5.74) is 4.96. The average Bonchev–Trinajstić information content (AvgIpc) is 2.64. The molecule has 0 aromatic heterocycles. The summed E-state index contributed by atoms with van der Waals surface area (Å²) in [6.45, 7) is 6.39. The van der Waals surface area contributed by atoms with Crippen molar-refractivity contribution in [2.24, 2.45) is 0 Å². The van der Waals surface area contributed by atoms with Gasteiger partial charge in [0.1, 0.15) is 0 Å². The Morgan fingerprint density at radius 1 is 1.18 bits per heavy atom. The molecule has 0 bridgehead atoms. The summed E-state index contributed by atoms with van der Waals surface area (Å²) in [6, 6.07) is 10.3. The molecule has 0 aliphatic heterocycles. The van der Waals surface area contributed by atoms with Crippen LogP contribution in [0.2, 0.25) is 0 Å². The molecule has 17 heavy (non-hydrogen) atoms. The fourth-order valence-electron chi connectivity index (χ4n) is 1.94. The molecule has 0 fully saturated rings. The maximum atomic E-state index is 4.19. The van der Waals surface area contributed by atoms with E-state index in [1.165, 1.54) is 16.7 Å². The molecule has 0 atom stereocenters. The van der Waals surface area contributed by atoms with Crippen LogP contribution < -0.4 is 0 Å². The van der Waals surface area contributed by atoms with Crippen molar-refractivity contribution in [2.75, 3.05) is 0 Å². The van der Waals surface area contributed by atoms with Crippen molar-refractivity contribution in [3.05, 3.63) is 77.9 Å². The first-order valence-corrected chi connectivity index (χ1v) is 6.12. The van der Waals surface area contributed by atoms with Crippen molar-refractivity contribution < 1.29 is 0 Å². The van der Waals surface area contributed by atoms with Crippen molar-refractivity contribution in [3.63, 3.8) is 0 Å². The van der Waals surface area contributed by atoms with E-state index in [4.69, 9.17) is 0 Å². The molecule has 0 N–H and O–H groups in total. The summed E-state index contributed by atoms with van der Waals surface area (Å²) in [6.07, 6.45) is 11.0. The fraction of sp³-hybridized carbons (Fsp3) is 0.176. The molecule has 0 radical (unpaired) electrons. The third-order valence-corrected chi connectivity index (χ3v) is 3.10. The van der Waals surface area contributed by atoms with Crippen molar-refractivity contribution in [1.29, 1.82) is 0 Å². The summed E-state index contributed by atoms with van der Waals surface area (Å²) in [4.78, 5) is 0. The molecule has 0 saturated carbocycles. The lowest BCUT2D eigenvalue weighted by Gasteiger charge is -2.05. The van der Waals surface area contributed by atoms with Crippen molar-refractivity contribution in [2.45, 2.75) is 19.8 Å². The highest BCUT2D eigenvalue weighted by atomic mass is 14.1. The van der Waals surface area contributed by atoms with Gasteiger partial charge in [-0.3, -0.25) is 0 Å². The Bertz CT molecular complexity index is 484. The van der Waals surface area contributed by atoms with Crippen LogP contribution in [0.1, 0.15) is 25.3 Å². The summed E-state index contributed by atoms with van der Waals surface area (Å²) in [5.74, 6) is 0. The van der Waals surface area contributed by atoms with E-state index >= 15 is 0 Å². The quantitative estimate of drug-likeness (QED) is 0.680. The molecule has 86 valence electrons. The minimum atomic E-state index is 1.05. The number of rotatable bonds is 3. The van der Waals surface area contributed by atoms with E-state index in [1.807, 2.05) is 6.07 Å². The van der Waals surface area contributed by atoms with E-state index in [1.54, 1.807) is 0 Å². The monoisotopic (exact) mass is 222 g/mol. The SMILES string of the molecule is C=C(C1=CC=C(CC)CC=C1)c1ccccc1. The molecule has 0 spiro atoms. The number of hydrogen-bond acceptors (Lipinski definition) is 0. The summed E-state index contributed by atoms with van der Waals surface area (Å²) >= 11 is 0. The van der Waals surface area contributed by atoms with Crippen LogP contribution in [-0.2, 0) is 0 Å². The predicted molar refractivity (Wildman–Crippen MR) is 75.7 cm³/mol. The van der Waals surface area contributed by atoms with Crippen LogP contribution in [-0.4, -0.2) is 0 Å². The maximum Gasteiger partial charge on any atom is -0.0132 e. The normalized spacial score (nSPS) is 14.9. The first kappa shape index (κ1) is 11.7. The van der Waals surface area contributed by atoms with Crippen molar-refractivity contribution in [1.82, 2.24) is 0 Å². The van der Waals surface area contributed by atoms with Gasteiger partial charge in [-0.2, -0.15) is 0 Å². The van der Waals surface area contributed by atoms with Gasteiger partial charge in [0.25, 0.3) is 0 Å². The highest BCUT2D eigenvalue weighted by Gasteiger charge is 2.03. The first-order valence-electron chi connectivity index (χ1n) is 6.12. The summed E-state index contributed by atoms with van der Waals surface area (Å²) < 4.78 is 0. The fourth-order valence-corrected chi connectivity index (χ4v) is 1.94. The minimum absolute atomic E-state index is 1.05. The summed E-state index contributed by atoms with van der Waals surface area (Å²) in [7, 11) is 0. The summed E-state index contributed by atoms with van der Waals surface area (Å²) in [5, 5.41) is 0. The van der Waals surface area contributed by atoms with Gasteiger partial charge in [0.15, 0.2) is 0 Å². The Morgan fingerprint density at radius 3 is 2.65 bits per heavy atom. The zero-order valence-corrected chi connectivity index (χ0v) is 10.3. The zero-order chi connectivity index (χ0) is 12.1. The molecule has 0 saturated heterocycles. The van der Waals surface area contributed by atoms with Gasteiger partial charge in [-0.25, -0.2) is 0 Å². The highest BCUT2D eigenvalue weighted by Crippen LogP contribution is 2.25. The Kier molecular flexibility index (Phi) is 3.77. The lowest BCUT2D eigenvalue weighted by Crippen LogP contribution is -1.84. The van der Waals surface area contributed by atoms with Crippen molar-refractivity contribution >= 4 is 5.57 Å². The molecule has 0 heteroatoms. The zero-order valence-electron chi connectivity index (χ0n) is 10.3. The lowest BCUT2D eigenvalue weighted by molar-refractivity contribution is 1.03. The van der Waals surface area contributed by atoms with Crippen LogP contribution in [0.4, 0.5) is 0 Å². The predicted octanol–water partition coefficient (Wildman–Crippen LogP) is 4.92. The first-order chi connectivity index (χ1) is 8.31. The third kappa shape index (κ3) is 2.85. The molecular formula is C17H18. The standard InChI is InChI=1S/C17H18/c1-3-15-8-7-11-17(13-12-15)14(2)16-9-5-4-6-10-16/h4-7,9-13H,2-3,8H2,1H3. The van der Waals surface area contributed by atoms with E-state index in [-0.39, 0.29) is 0 Å². The third-order valence-electron chi connectivity index (χ3n) is 3.10. The highest BCUT2D eigenvalue weighted by molar-refractivity contribution is 5.80. The lowest BCUT2D eigenvalue weighted by atomic mass is 9.99. The van der Waals surface area contributed by atoms with Crippen molar-refractivity contribution in [3.8, 4) is 0 Å². The van der Waals surface area contributed by atoms with Crippen LogP contribution in [0.3, 0.4) is 0 Å². The van der Waals surface area contributed by atoms with E-state index in [2.05, 4.69) is 62.1 Å². The van der Waals surface area contributed by atoms with Gasteiger partial charge in [0.05, 0.1) is 0 Å². The second-order valence-electron chi connectivity index (χ2n) is 4.25. The minimum Gasteiger partial charge on any atom is -0.0906 e. The Balaban J connectivity index is 2.27. The van der Waals surface area contributed by atoms with Gasteiger partial charge in [0.2, 0.25) is 0 Å². The van der Waals surface area contributed by atoms with E-state index in [9.17, 15) is 0 Å². The second kappa shape index (κ2) is 5.49. The van der Waals surface area contributed by atoms with Gasteiger partial charge in [-0.15, -0.1) is 0 Å². The molecule has 0 nitrogen and oxygen atoms in total. The molecule has 0 heterocycles. The molecule has 0 unspecified atom stereocenters. The van der Waals surface area contributed by atoms with Gasteiger partial charge in [-0.1, -0.05) is 73.7 Å². The topological polar surface area (TPSA) is 0 Å². The molecule has 1 aromatic carbocycles. The van der Waals surface area contributed by atoms with Crippen LogP contribution in [0, 0.1) is 0 Å². The molecule has 1 aromatic rings. The van der Waals surface area contributed by atoms with E-state index < -0.39 is 0 Å². The molecule has 2 rings (SSSR count). The van der Waals surface area contributed by atoms with Crippen LogP contribution in [0.15, 0.2) is 72.4 Å². The molecular weight excluding hydrogens is 204 g/mol. The number of benzene rings is 1. The van der Waals surface area contributed by atoms with E-state index in [0.717, 1.165) is 18.4 Å². The number of hydrogen-bond donors (Lipinski definition) is 0. The average molecular weight is 222 g/mol. The molecule has 1 aliphatic rings. The maximum absolute atomic E-state index is 4.19. The Labute approximate surface area is 104 Å². The van der Waals surface area contributed by atoms with Gasteiger partial charge in [-0.05, 0) is 29.6 Å². The van der Waals surface area contributed by atoms with E-state index in [0.29, 0.717) is 0 Å². The Hall–Kier alpha value is -1.82. The molecule has 0 amide bonds. The van der Waals surface area contributed by atoms with Gasteiger partial charge < -0.3 is 0 Å². The second-order valence-corrected chi connectivity index (χ2v) is 4.25. The van der Waals surface area contributed by atoms with Gasteiger partial charge in [0, 0.05) is 0 Å². The van der Waals surface area contributed by atoms with Gasteiger partial charge >= 0.3 is 0 Å². The van der Waals surface area contributed by atoms with Crippen LogP contribution in [0.25, 0.3) is 5.57 Å². The molecule has 1 aliphatic carbocycles. The Morgan fingerprint density at radius 2 is 1.94 bits per heavy atom.